The minimum absolute atomic E-state index is 0.281. The smallest absolute Gasteiger partial charge is 0.348 e. The van der Waals surface area contributed by atoms with Crippen molar-refractivity contribution in [3.05, 3.63) is 27.7 Å². The number of hydrogen-bond donors (Lipinski definition) is 3. The van der Waals surface area contributed by atoms with Crippen molar-refractivity contribution in [2.75, 3.05) is 5.32 Å². The number of benzene rings is 1. The molecule has 0 saturated carbocycles. The minimum atomic E-state index is -0.729. The zero-order chi connectivity index (χ0) is 12.3. The second-order valence-corrected chi connectivity index (χ2v) is 3.88. The average molecular weight is 261 g/mol. The van der Waals surface area contributed by atoms with E-state index in [1.807, 2.05) is 6.92 Å². The molecule has 0 aliphatic heterocycles. The number of urea groups is 1. The molecule has 0 aliphatic carbocycles. The molecule has 0 saturated heterocycles. The number of carbonyl (C=O) groups excluding carboxylic acids is 1. The van der Waals surface area contributed by atoms with Gasteiger partial charge in [-0.15, -0.1) is 0 Å². The van der Waals surface area contributed by atoms with Gasteiger partial charge in [-0.25, -0.2) is 4.79 Å². The van der Waals surface area contributed by atoms with Gasteiger partial charge in [-0.2, -0.15) is 4.99 Å². The molecule has 2 amide bonds. The van der Waals surface area contributed by atoms with Crippen LogP contribution in [0.1, 0.15) is 5.56 Å². The number of carbonyl (C=O) groups is 1. The molecule has 0 aromatic heterocycles. The van der Waals surface area contributed by atoms with Crippen molar-refractivity contribution in [3.63, 3.8) is 0 Å². The maximum absolute atomic E-state index is 11.2. The Hall–Kier alpha value is -1.46. The molecule has 16 heavy (non-hydrogen) atoms. The Balaban J connectivity index is 2.98. The molecule has 86 valence electrons. The second-order valence-electron chi connectivity index (χ2n) is 3.07. The number of hydrogen-bond acceptors (Lipinski definition) is 1. The standard InChI is InChI=1S/C9H10Cl2N4O/c1-4-2-5(10)7(6(11)3-4)14-9(16)15-8(12)13/h2-3H,1H3,(H5,12,13,14,15,16). The van der Waals surface area contributed by atoms with E-state index in [1.165, 1.54) is 0 Å². The predicted octanol–water partition coefficient (Wildman–Crippen LogP) is 2.11. The summed E-state index contributed by atoms with van der Waals surface area (Å²) in [5.74, 6) is -0.336. The van der Waals surface area contributed by atoms with Gasteiger partial charge in [-0.3, -0.25) is 0 Å². The Morgan fingerprint density at radius 2 is 1.81 bits per heavy atom. The Labute approximate surface area is 102 Å². The molecule has 1 rings (SSSR count). The number of nitrogens with one attached hydrogen (secondary N) is 1. The molecule has 0 atom stereocenters. The highest BCUT2D eigenvalue weighted by molar-refractivity contribution is 6.39. The first kappa shape index (κ1) is 12.6. The first-order valence-corrected chi connectivity index (χ1v) is 5.02. The van der Waals surface area contributed by atoms with Crippen LogP contribution in [-0.2, 0) is 0 Å². The van der Waals surface area contributed by atoms with Crippen molar-refractivity contribution < 1.29 is 4.79 Å². The Bertz CT molecular complexity index is 432. The quantitative estimate of drug-likeness (QED) is 0.533. The third-order valence-corrected chi connectivity index (χ3v) is 2.25. The lowest BCUT2D eigenvalue weighted by Crippen LogP contribution is -2.25. The number of anilines is 1. The summed E-state index contributed by atoms with van der Waals surface area (Å²) in [5, 5.41) is 3.03. The average Bonchev–Trinajstić information content (AvgIpc) is 2.09. The summed E-state index contributed by atoms with van der Waals surface area (Å²) in [6, 6.07) is 2.60. The topological polar surface area (TPSA) is 93.5 Å². The summed E-state index contributed by atoms with van der Waals surface area (Å²) in [7, 11) is 0. The van der Waals surface area contributed by atoms with Gasteiger partial charge in [0.1, 0.15) is 0 Å². The summed E-state index contributed by atoms with van der Waals surface area (Å²) in [4.78, 5) is 14.5. The van der Waals surface area contributed by atoms with Gasteiger partial charge in [-0.05, 0) is 24.6 Å². The molecular weight excluding hydrogens is 251 g/mol. The van der Waals surface area contributed by atoms with E-state index >= 15 is 0 Å². The largest absolute Gasteiger partial charge is 0.370 e. The first-order valence-electron chi connectivity index (χ1n) is 4.26. The second kappa shape index (κ2) is 5.05. The Kier molecular flexibility index (Phi) is 3.98. The maximum Gasteiger partial charge on any atom is 0.348 e. The number of amides is 2. The number of aryl methyl sites for hydroxylation is 1. The van der Waals surface area contributed by atoms with Crippen molar-refractivity contribution in [3.8, 4) is 0 Å². The van der Waals surface area contributed by atoms with Gasteiger partial charge in [0, 0.05) is 0 Å². The number of aliphatic imine (C=N–C) groups is 1. The highest BCUT2D eigenvalue weighted by Crippen LogP contribution is 2.31. The molecule has 0 radical (unpaired) electrons. The van der Waals surface area contributed by atoms with Crippen molar-refractivity contribution >= 4 is 40.9 Å². The van der Waals surface area contributed by atoms with E-state index < -0.39 is 6.03 Å². The van der Waals surface area contributed by atoms with Crippen LogP contribution in [0.2, 0.25) is 10.0 Å². The monoisotopic (exact) mass is 260 g/mol. The molecule has 1 aromatic carbocycles. The van der Waals surface area contributed by atoms with Gasteiger partial charge >= 0.3 is 6.03 Å². The molecule has 5 nitrogen and oxygen atoms in total. The fourth-order valence-electron chi connectivity index (χ4n) is 1.07. The van der Waals surface area contributed by atoms with Crippen molar-refractivity contribution in [2.45, 2.75) is 6.92 Å². The third-order valence-electron chi connectivity index (χ3n) is 1.65. The fourth-order valence-corrected chi connectivity index (χ4v) is 1.76. The van der Waals surface area contributed by atoms with Crippen LogP contribution in [0.4, 0.5) is 10.5 Å². The number of rotatable bonds is 1. The molecule has 7 heteroatoms. The van der Waals surface area contributed by atoms with Crippen LogP contribution in [-0.4, -0.2) is 12.0 Å². The summed E-state index contributed by atoms with van der Waals surface area (Å²) in [6.45, 7) is 1.83. The molecule has 0 fully saturated rings. The Morgan fingerprint density at radius 3 is 2.25 bits per heavy atom. The summed E-state index contributed by atoms with van der Waals surface area (Å²) in [5.41, 5.74) is 11.3. The zero-order valence-corrected chi connectivity index (χ0v) is 9.93. The maximum atomic E-state index is 11.2. The van der Waals surface area contributed by atoms with Crippen LogP contribution >= 0.6 is 23.2 Å². The highest BCUT2D eigenvalue weighted by Gasteiger charge is 2.09. The minimum Gasteiger partial charge on any atom is -0.370 e. The van der Waals surface area contributed by atoms with Crippen LogP contribution in [0.25, 0.3) is 0 Å². The molecule has 0 aliphatic rings. The van der Waals surface area contributed by atoms with E-state index in [4.69, 9.17) is 34.7 Å². The molecular formula is C9H10Cl2N4O. The van der Waals surface area contributed by atoms with E-state index in [2.05, 4.69) is 10.3 Å². The van der Waals surface area contributed by atoms with Gasteiger partial charge in [0.2, 0.25) is 0 Å². The van der Waals surface area contributed by atoms with Gasteiger partial charge < -0.3 is 16.8 Å². The van der Waals surface area contributed by atoms with E-state index in [9.17, 15) is 4.79 Å². The molecule has 5 N–H and O–H groups in total. The van der Waals surface area contributed by atoms with Crippen molar-refractivity contribution in [1.29, 1.82) is 0 Å². The summed E-state index contributed by atoms with van der Waals surface area (Å²) in [6.07, 6.45) is 0. The molecule has 1 aromatic rings. The van der Waals surface area contributed by atoms with Crippen LogP contribution in [0.3, 0.4) is 0 Å². The number of nitrogens with two attached hydrogens (primary N) is 2. The fraction of sp³-hybridized carbons (Fsp3) is 0.111. The lowest BCUT2D eigenvalue weighted by molar-refractivity contribution is 0.259. The van der Waals surface area contributed by atoms with Crippen LogP contribution in [0.15, 0.2) is 17.1 Å². The van der Waals surface area contributed by atoms with Crippen LogP contribution in [0, 0.1) is 6.92 Å². The van der Waals surface area contributed by atoms with Crippen molar-refractivity contribution in [2.24, 2.45) is 16.5 Å². The van der Waals surface area contributed by atoms with E-state index in [1.54, 1.807) is 12.1 Å². The molecule has 0 bridgehead atoms. The lowest BCUT2D eigenvalue weighted by Gasteiger charge is -2.08. The van der Waals surface area contributed by atoms with Crippen molar-refractivity contribution in [1.82, 2.24) is 0 Å². The van der Waals surface area contributed by atoms with Gasteiger partial charge in [-0.1, -0.05) is 23.2 Å². The Morgan fingerprint density at radius 1 is 1.31 bits per heavy atom. The molecule has 0 unspecified atom stereocenters. The van der Waals surface area contributed by atoms with Gasteiger partial charge in [0.05, 0.1) is 15.7 Å². The number of halogens is 2. The molecule has 0 spiro atoms. The first-order chi connectivity index (χ1) is 7.40. The third kappa shape index (κ3) is 3.29. The summed E-state index contributed by atoms with van der Waals surface area (Å²) < 4.78 is 0. The van der Waals surface area contributed by atoms with Gasteiger partial charge in [0.25, 0.3) is 0 Å². The predicted molar refractivity (Wildman–Crippen MR) is 66.0 cm³/mol. The van der Waals surface area contributed by atoms with E-state index in [-0.39, 0.29) is 11.6 Å². The number of guanidine groups is 1. The van der Waals surface area contributed by atoms with Crippen LogP contribution in [0.5, 0.6) is 0 Å². The number of nitrogens with zero attached hydrogens (tertiary/aromatic N) is 1. The highest BCUT2D eigenvalue weighted by atomic mass is 35.5. The van der Waals surface area contributed by atoms with E-state index in [0.29, 0.717) is 10.0 Å². The lowest BCUT2D eigenvalue weighted by atomic mass is 10.2. The summed E-state index contributed by atoms with van der Waals surface area (Å²) >= 11 is 11.8. The van der Waals surface area contributed by atoms with Gasteiger partial charge in [0.15, 0.2) is 5.96 Å². The van der Waals surface area contributed by atoms with Crippen LogP contribution < -0.4 is 16.8 Å². The molecule has 0 heterocycles. The zero-order valence-electron chi connectivity index (χ0n) is 8.42. The van der Waals surface area contributed by atoms with E-state index in [0.717, 1.165) is 5.56 Å². The normalized spacial score (nSPS) is 9.69. The SMILES string of the molecule is Cc1cc(Cl)c(NC(=O)N=C(N)N)c(Cl)c1.